The van der Waals surface area contributed by atoms with E-state index in [2.05, 4.69) is 0 Å². The van der Waals surface area contributed by atoms with Crippen LogP contribution in [0.25, 0.3) is 0 Å². The molecule has 78 valence electrons. The second-order valence-corrected chi connectivity index (χ2v) is 3.56. The molecule has 1 heterocycles. The van der Waals surface area contributed by atoms with Gasteiger partial charge in [0.2, 0.25) is 0 Å². The zero-order valence-electron chi connectivity index (χ0n) is 8.69. The smallest absolute Gasteiger partial charge is 0.331 e. The second kappa shape index (κ2) is 3.42. The van der Waals surface area contributed by atoms with E-state index in [1.54, 1.807) is 13.2 Å². The molecule has 0 bridgehead atoms. The van der Waals surface area contributed by atoms with Crippen LogP contribution in [-0.4, -0.2) is 13.1 Å². The van der Waals surface area contributed by atoms with Gasteiger partial charge in [0.15, 0.2) is 5.60 Å². The highest BCUT2D eigenvalue weighted by atomic mass is 16.6. The monoisotopic (exact) mass is 204 g/mol. The molecule has 0 saturated heterocycles. The van der Waals surface area contributed by atoms with Crippen molar-refractivity contribution >= 4 is 5.97 Å². The minimum absolute atomic E-state index is 0.316. The minimum atomic E-state index is -0.705. The molecule has 1 aromatic carbocycles. The van der Waals surface area contributed by atoms with Gasteiger partial charge in [-0.25, -0.2) is 4.79 Å². The van der Waals surface area contributed by atoms with Crippen molar-refractivity contribution in [2.24, 2.45) is 0 Å². The van der Waals surface area contributed by atoms with Crippen molar-refractivity contribution in [3.63, 3.8) is 0 Å². The van der Waals surface area contributed by atoms with Crippen LogP contribution in [0.15, 0.2) is 36.4 Å². The van der Waals surface area contributed by atoms with Crippen molar-refractivity contribution in [3.05, 3.63) is 42.0 Å². The molecule has 3 nitrogen and oxygen atoms in total. The van der Waals surface area contributed by atoms with E-state index in [4.69, 9.17) is 9.47 Å². The van der Waals surface area contributed by atoms with Crippen molar-refractivity contribution < 1.29 is 14.3 Å². The normalized spacial score (nSPS) is 24.0. The van der Waals surface area contributed by atoms with E-state index >= 15 is 0 Å². The van der Waals surface area contributed by atoms with Gasteiger partial charge in [0.25, 0.3) is 0 Å². The number of para-hydroxylation sites is 1. The third-order valence-electron chi connectivity index (χ3n) is 2.49. The van der Waals surface area contributed by atoms with Crippen LogP contribution < -0.4 is 4.74 Å². The second-order valence-electron chi connectivity index (χ2n) is 3.56. The number of rotatable bonds is 2. The molecule has 1 aliphatic heterocycles. The number of cyclic esters (lactones) is 1. The van der Waals surface area contributed by atoms with E-state index in [1.165, 1.54) is 6.08 Å². The van der Waals surface area contributed by atoms with Crippen molar-refractivity contribution in [2.75, 3.05) is 7.11 Å². The Hall–Kier alpha value is -1.77. The van der Waals surface area contributed by atoms with Crippen molar-refractivity contribution in [3.8, 4) is 5.75 Å². The molecule has 2 rings (SSSR count). The van der Waals surface area contributed by atoms with Gasteiger partial charge < -0.3 is 9.47 Å². The van der Waals surface area contributed by atoms with E-state index in [9.17, 15) is 4.79 Å². The molecule has 0 radical (unpaired) electrons. The Kier molecular flexibility index (Phi) is 2.23. The van der Waals surface area contributed by atoms with Crippen LogP contribution in [0.1, 0.15) is 12.5 Å². The van der Waals surface area contributed by atoms with E-state index in [-0.39, 0.29) is 5.97 Å². The molecule has 0 saturated carbocycles. The Morgan fingerprint density at radius 2 is 2.07 bits per heavy atom. The highest BCUT2D eigenvalue weighted by molar-refractivity contribution is 5.85. The molecule has 1 atom stereocenters. The maximum atomic E-state index is 11.1. The molecule has 0 spiro atoms. The Morgan fingerprint density at radius 1 is 1.33 bits per heavy atom. The lowest BCUT2D eigenvalue weighted by Gasteiger charge is -2.23. The summed E-state index contributed by atoms with van der Waals surface area (Å²) in [5, 5.41) is 0. The van der Waals surface area contributed by atoms with Gasteiger partial charge in [0.1, 0.15) is 5.75 Å². The molecule has 0 fully saturated rings. The Labute approximate surface area is 88.3 Å². The molecule has 1 aliphatic rings. The first-order valence-electron chi connectivity index (χ1n) is 4.71. The molecular weight excluding hydrogens is 192 g/mol. The fourth-order valence-electron chi connectivity index (χ4n) is 1.70. The highest BCUT2D eigenvalue weighted by Gasteiger charge is 2.34. The average molecular weight is 204 g/mol. The molecule has 0 unspecified atom stereocenters. The minimum Gasteiger partial charge on any atom is -0.496 e. The first-order chi connectivity index (χ1) is 7.15. The Balaban J connectivity index is 2.45. The third kappa shape index (κ3) is 1.61. The largest absolute Gasteiger partial charge is 0.496 e. The molecule has 0 N–H and O–H groups in total. The molecule has 0 aromatic heterocycles. The fourth-order valence-corrected chi connectivity index (χ4v) is 1.70. The predicted molar refractivity (Wildman–Crippen MR) is 55.6 cm³/mol. The van der Waals surface area contributed by atoms with Gasteiger partial charge in [-0.15, -0.1) is 0 Å². The van der Waals surface area contributed by atoms with E-state index < -0.39 is 5.60 Å². The van der Waals surface area contributed by atoms with Gasteiger partial charge in [-0.3, -0.25) is 0 Å². The highest BCUT2D eigenvalue weighted by Crippen LogP contribution is 2.36. The summed E-state index contributed by atoms with van der Waals surface area (Å²) in [5.41, 5.74) is 0.151. The van der Waals surface area contributed by atoms with Crippen molar-refractivity contribution in [2.45, 2.75) is 12.5 Å². The van der Waals surface area contributed by atoms with Gasteiger partial charge in [-0.2, -0.15) is 0 Å². The topological polar surface area (TPSA) is 35.5 Å². The third-order valence-corrected chi connectivity index (χ3v) is 2.49. The lowest BCUT2D eigenvalue weighted by atomic mass is 9.95. The number of ether oxygens (including phenoxy) is 2. The summed E-state index contributed by atoms with van der Waals surface area (Å²) in [6.45, 7) is 1.84. The quantitative estimate of drug-likeness (QED) is 0.691. The zero-order chi connectivity index (χ0) is 10.9. The summed E-state index contributed by atoms with van der Waals surface area (Å²) in [6.07, 6.45) is 3.18. The van der Waals surface area contributed by atoms with Crippen molar-refractivity contribution in [1.29, 1.82) is 0 Å². The molecular formula is C12H12O3. The number of esters is 1. The molecule has 3 heteroatoms. The Bertz CT molecular complexity index is 423. The fraction of sp³-hybridized carbons (Fsp3) is 0.250. The first-order valence-corrected chi connectivity index (χ1v) is 4.71. The van der Waals surface area contributed by atoms with Gasteiger partial charge >= 0.3 is 5.97 Å². The Morgan fingerprint density at radius 3 is 2.67 bits per heavy atom. The average Bonchev–Trinajstić information content (AvgIpc) is 2.60. The summed E-state index contributed by atoms with van der Waals surface area (Å²) in [7, 11) is 1.60. The van der Waals surface area contributed by atoms with Gasteiger partial charge in [0.05, 0.1) is 7.11 Å². The number of benzene rings is 1. The number of methoxy groups -OCH3 is 1. The number of hydrogen-bond acceptors (Lipinski definition) is 3. The van der Waals surface area contributed by atoms with Gasteiger partial charge in [-0.1, -0.05) is 18.2 Å². The van der Waals surface area contributed by atoms with Crippen LogP contribution in [0.2, 0.25) is 0 Å². The molecule has 1 aromatic rings. The van der Waals surface area contributed by atoms with Crippen molar-refractivity contribution in [1.82, 2.24) is 0 Å². The predicted octanol–water partition coefficient (Wildman–Crippen LogP) is 2.02. The molecule has 0 aliphatic carbocycles. The van der Waals surface area contributed by atoms with E-state index in [0.29, 0.717) is 0 Å². The standard InChI is InChI=1S/C12H12O3/c1-12(8-7-11(13)15-12)9-5-3-4-6-10(9)14-2/h3-8H,1-2H3/t12-/m1/s1. The van der Waals surface area contributed by atoms with Crippen LogP contribution in [-0.2, 0) is 15.1 Å². The summed E-state index contributed by atoms with van der Waals surface area (Å²) < 4.78 is 10.5. The molecule has 15 heavy (non-hydrogen) atoms. The molecule has 0 amide bonds. The van der Waals surface area contributed by atoms with Crippen LogP contribution in [0.3, 0.4) is 0 Å². The maximum absolute atomic E-state index is 11.1. The number of hydrogen-bond donors (Lipinski definition) is 0. The van der Waals surface area contributed by atoms with Crippen LogP contribution in [0.5, 0.6) is 5.75 Å². The summed E-state index contributed by atoms with van der Waals surface area (Å²) in [6, 6.07) is 7.51. The van der Waals surface area contributed by atoms with E-state index in [1.807, 2.05) is 31.2 Å². The van der Waals surface area contributed by atoms with E-state index in [0.717, 1.165) is 11.3 Å². The maximum Gasteiger partial charge on any atom is 0.331 e. The summed E-state index contributed by atoms with van der Waals surface area (Å²) in [4.78, 5) is 11.1. The number of carbonyl (C=O) groups excluding carboxylic acids is 1. The SMILES string of the molecule is COc1ccccc1[C@@]1(C)C=CC(=O)O1. The number of carbonyl (C=O) groups is 1. The summed E-state index contributed by atoms with van der Waals surface area (Å²) >= 11 is 0. The lowest BCUT2D eigenvalue weighted by molar-refractivity contribution is -0.145. The lowest BCUT2D eigenvalue weighted by Crippen LogP contribution is -2.21. The van der Waals surface area contributed by atoms with Gasteiger partial charge in [0, 0.05) is 11.6 Å². The first kappa shape index (κ1) is 9.77. The van der Waals surface area contributed by atoms with Crippen LogP contribution in [0.4, 0.5) is 0 Å². The summed E-state index contributed by atoms with van der Waals surface area (Å²) in [5.74, 6) is 0.405. The van der Waals surface area contributed by atoms with Crippen LogP contribution in [0, 0.1) is 0 Å². The zero-order valence-corrected chi connectivity index (χ0v) is 8.69. The van der Waals surface area contributed by atoms with Gasteiger partial charge in [-0.05, 0) is 19.1 Å². The van der Waals surface area contributed by atoms with Crippen LogP contribution >= 0.6 is 0 Å².